The van der Waals surface area contributed by atoms with Crippen molar-refractivity contribution in [3.63, 3.8) is 0 Å². The fourth-order valence-corrected chi connectivity index (χ4v) is 2.03. The second-order valence-electron chi connectivity index (χ2n) is 3.81. The summed E-state index contributed by atoms with van der Waals surface area (Å²) in [6.45, 7) is 2.11. The van der Waals surface area contributed by atoms with Gasteiger partial charge in [0.1, 0.15) is 5.82 Å². The van der Waals surface area contributed by atoms with Gasteiger partial charge in [-0.2, -0.15) is 0 Å². The van der Waals surface area contributed by atoms with Gasteiger partial charge in [-0.3, -0.25) is 0 Å². The number of nitrogens with zero attached hydrogens (tertiary/aromatic N) is 1. The summed E-state index contributed by atoms with van der Waals surface area (Å²) in [5, 5.41) is 3.39. The van der Waals surface area contributed by atoms with Crippen LogP contribution >= 0.6 is 15.9 Å². The zero-order valence-electron chi connectivity index (χ0n) is 9.57. The molecule has 1 aromatic heterocycles. The van der Waals surface area contributed by atoms with Crippen LogP contribution in [-0.4, -0.2) is 9.97 Å². The Morgan fingerprint density at radius 3 is 3.00 bits per heavy atom. The summed E-state index contributed by atoms with van der Waals surface area (Å²) in [6.07, 6.45) is 4.51. The Kier molecular flexibility index (Phi) is 3.68. The smallest absolute Gasteiger partial charge is 0.128 e. The molecule has 2 rings (SSSR count). The number of nitrogens with one attached hydrogen (secondary N) is 2. The van der Waals surface area contributed by atoms with Crippen molar-refractivity contribution in [3.05, 3.63) is 40.9 Å². The highest BCUT2D eigenvalue weighted by Gasteiger charge is 2.12. The van der Waals surface area contributed by atoms with Gasteiger partial charge in [0.15, 0.2) is 0 Å². The van der Waals surface area contributed by atoms with E-state index < -0.39 is 0 Å². The van der Waals surface area contributed by atoms with Crippen molar-refractivity contribution in [3.8, 4) is 0 Å². The number of halogens is 1. The SMILES string of the molecule is CCC(Nc1cc(Br)ccc1N)c1ncc[nH]1. The molecule has 4 N–H and O–H groups in total. The molecule has 1 atom stereocenters. The molecule has 1 aromatic carbocycles. The Balaban J connectivity index is 2.21. The Hall–Kier alpha value is -1.49. The number of anilines is 2. The van der Waals surface area contributed by atoms with Gasteiger partial charge in [-0.05, 0) is 24.6 Å². The number of aromatic nitrogens is 2. The van der Waals surface area contributed by atoms with Crippen molar-refractivity contribution in [2.24, 2.45) is 0 Å². The summed E-state index contributed by atoms with van der Waals surface area (Å²) in [5.41, 5.74) is 7.59. The van der Waals surface area contributed by atoms with Gasteiger partial charge in [-0.15, -0.1) is 0 Å². The number of nitrogen functional groups attached to an aromatic ring is 1. The fraction of sp³-hybridized carbons (Fsp3) is 0.250. The largest absolute Gasteiger partial charge is 0.397 e. The zero-order valence-corrected chi connectivity index (χ0v) is 11.2. The van der Waals surface area contributed by atoms with E-state index in [1.807, 2.05) is 24.4 Å². The standard InChI is InChI=1S/C12H15BrN4/c1-2-10(12-15-5-6-16-12)17-11-7-8(13)3-4-9(11)14/h3-7,10,17H,2,14H2,1H3,(H,15,16). The van der Waals surface area contributed by atoms with Gasteiger partial charge in [0.05, 0.1) is 17.4 Å². The van der Waals surface area contributed by atoms with Crippen LogP contribution in [0.2, 0.25) is 0 Å². The van der Waals surface area contributed by atoms with Gasteiger partial charge < -0.3 is 16.0 Å². The summed E-state index contributed by atoms with van der Waals surface area (Å²) in [4.78, 5) is 7.38. The summed E-state index contributed by atoms with van der Waals surface area (Å²) >= 11 is 3.44. The molecule has 0 spiro atoms. The second kappa shape index (κ2) is 5.23. The molecule has 4 nitrogen and oxygen atoms in total. The molecule has 0 fully saturated rings. The van der Waals surface area contributed by atoms with E-state index in [0.717, 1.165) is 28.1 Å². The number of hydrogen-bond acceptors (Lipinski definition) is 3. The van der Waals surface area contributed by atoms with E-state index in [-0.39, 0.29) is 6.04 Å². The van der Waals surface area contributed by atoms with Crippen molar-refractivity contribution < 1.29 is 0 Å². The van der Waals surface area contributed by atoms with Crippen molar-refractivity contribution in [1.82, 2.24) is 9.97 Å². The van der Waals surface area contributed by atoms with E-state index in [4.69, 9.17) is 5.73 Å². The van der Waals surface area contributed by atoms with E-state index >= 15 is 0 Å². The van der Waals surface area contributed by atoms with Crippen LogP contribution in [0.3, 0.4) is 0 Å². The minimum absolute atomic E-state index is 0.140. The number of imidazole rings is 1. The molecule has 2 aromatic rings. The average Bonchev–Trinajstić information content (AvgIpc) is 2.84. The maximum Gasteiger partial charge on any atom is 0.128 e. The number of aromatic amines is 1. The molecule has 5 heteroatoms. The molecular formula is C12H15BrN4. The molecule has 90 valence electrons. The number of rotatable bonds is 4. The maximum atomic E-state index is 5.93. The molecule has 17 heavy (non-hydrogen) atoms. The van der Waals surface area contributed by atoms with Crippen LogP contribution in [0.5, 0.6) is 0 Å². The molecule has 0 saturated heterocycles. The minimum Gasteiger partial charge on any atom is -0.397 e. The van der Waals surface area contributed by atoms with Gasteiger partial charge in [-0.25, -0.2) is 4.98 Å². The van der Waals surface area contributed by atoms with Crippen molar-refractivity contribution >= 4 is 27.3 Å². The summed E-state index contributed by atoms with van der Waals surface area (Å²) in [5.74, 6) is 0.923. The number of nitrogens with two attached hydrogens (primary N) is 1. The van der Waals surface area contributed by atoms with Crippen LogP contribution in [0.25, 0.3) is 0 Å². The van der Waals surface area contributed by atoms with Crippen LogP contribution < -0.4 is 11.1 Å². The maximum absolute atomic E-state index is 5.93. The predicted octanol–water partition coefficient (Wildman–Crippen LogP) is 3.32. The van der Waals surface area contributed by atoms with Gasteiger partial charge in [0.25, 0.3) is 0 Å². The zero-order chi connectivity index (χ0) is 12.3. The van der Waals surface area contributed by atoms with Crippen molar-refractivity contribution in [2.45, 2.75) is 19.4 Å². The first-order valence-electron chi connectivity index (χ1n) is 5.51. The number of benzene rings is 1. The Labute approximate surface area is 109 Å². The second-order valence-corrected chi connectivity index (χ2v) is 4.73. The summed E-state index contributed by atoms with van der Waals surface area (Å²) in [7, 11) is 0. The van der Waals surface area contributed by atoms with Gasteiger partial charge >= 0.3 is 0 Å². The van der Waals surface area contributed by atoms with Crippen LogP contribution in [0, 0.1) is 0 Å². The van der Waals surface area contributed by atoms with E-state index in [9.17, 15) is 0 Å². The lowest BCUT2D eigenvalue weighted by molar-refractivity contribution is 0.704. The number of H-pyrrole nitrogens is 1. The lowest BCUT2D eigenvalue weighted by Crippen LogP contribution is -2.12. The molecule has 0 bridgehead atoms. The van der Waals surface area contributed by atoms with Crippen LogP contribution in [0.4, 0.5) is 11.4 Å². The van der Waals surface area contributed by atoms with E-state index in [1.165, 1.54) is 0 Å². The third-order valence-corrected chi connectivity index (χ3v) is 3.10. The average molecular weight is 295 g/mol. The van der Waals surface area contributed by atoms with Gasteiger partial charge in [0, 0.05) is 16.9 Å². The summed E-state index contributed by atoms with van der Waals surface area (Å²) in [6, 6.07) is 5.91. The minimum atomic E-state index is 0.140. The third kappa shape index (κ3) is 2.79. The molecule has 0 aliphatic carbocycles. The van der Waals surface area contributed by atoms with Gasteiger partial charge in [0.2, 0.25) is 0 Å². The third-order valence-electron chi connectivity index (χ3n) is 2.60. The van der Waals surface area contributed by atoms with Crippen molar-refractivity contribution in [2.75, 3.05) is 11.1 Å². The highest BCUT2D eigenvalue weighted by Crippen LogP contribution is 2.27. The fourth-order valence-electron chi connectivity index (χ4n) is 1.67. The van der Waals surface area contributed by atoms with E-state index in [2.05, 4.69) is 38.1 Å². The van der Waals surface area contributed by atoms with E-state index in [1.54, 1.807) is 6.20 Å². The molecular weight excluding hydrogens is 280 g/mol. The molecule has 1 heterocycles. The monoisotopic (exact) mass is 294 g/mol. The van der Waals surface area contributed by atoms with Crippen LogP contribution in [0.1, 0.15) is 25.2 Å². The van der Waals surface area contributed by atoms with Crippen molar-refractivity contribution in [1.29, 1.82) is 0 Å². The van der Waals surface area contributed by atoms with E-state index in [0.29, 0.717) is 0 Å². The van der Waals surface area contributed by atoms with Crippen LogP contribution in [0.15, 0.2) is 35.1 Å². The Bertz CT molecular complexity index is 481. The lowest BCUT2D eigenvalue weighted by Gasteiger charge is -2.17. The normalized spacial score (nSPS) is 12.4. The topological polar surface area (TPSA) is 66.7 Å². The van der Waals surface area contributed by atoms with Gasteiger partial charge in [-0.1, -0.05) is 22.9 Å². The highest BCUT2D eigenvalue weighted by molar-refractivity contribution is 9.10. The Morgan fingerprint density at radius 1 is 1.53 bits per heavy atom. The molecule has 0 aliphatic heterocycles. The first-order valence-corrected chi connectivity index (χ1v) is 6.31. The molecule has 0 radical (unpaired) electrons. The molecule has 0 aliphatic rings. The quantitative estimate of drug-likeness (QED) is 0.758. The highest BCUT2D eigenvalue weighted by atomic mass is 79.9. The molecule has 0 amide bonds. The number of hydrogen-bond donors (Lipinski definition) is 3. The first-order chi connectivity index (χ1) is 8.20. The Morgan fingerprint density at radius 2 is 2.35 bits per heavy atom. The predicted molar refractivity (Wildman–Crippen MR) is 73.8 cm³/mol. The molecule has 0 saturated carbocycles. The van der Waals surface area contributed by atoms with Crippen LogP contribution in [-0.2, 0) is 0 Å². The summed E-state index contributed by atoms with van der Waals surface area (Å²) < 4.78 is 1.00. The molecule has 1 unspecified atom stereocenters. The lowest BCUT2D eigenvalue weighted by atomic mass is 10.2. The first kappa shape index (κ1) is 12.0.